The molecule has 5 atom stereocenters. The first kappa shape index (κ1) is 26.0. The average molecular weight is 542 g/mol. The maximum atomic E-state index is 13.1. The first-order valence-corrected chi connectivity index (χ1v) is 15.2. The second kappa shape index (κ2) is 9.76. The summed E-state index contributed by atoms with van der Waals surface area (Å²) in [4.78, 5) is 25.7. The number of benzene rings is 2. The third-order valence-corrected chi connectivity index (χ3v) is 10.1. The van der Waals surface area contributed by atoms with Crippen LogP contribution in [0.5, 0.6) is 11.5 Å². The molecule has 1 spiro atoms. The molecule has 0 aromatic heterocycles. The van der Waals surface area contributed by atoms with Gasteiger partial charge in [0.05, 0.1) is 17.6 Å². The van der Waals surface area contributed by atoms with Crippen LogP contribution >= 0.6 is 7.82 Å². The van der Waals surface area contributed by atoms with E-state index in [0.717, 1.165) is 43.4 Å². The Morgan fingerprint density at radius 2 is 1.89 bits per heavy atom. The van der Waals surface area contributed by atoms with Crippen molar-refractivity contribution in [3.05, 3.63) is 59.2 Å². The Balaban J connectivity index is 1.13. The molecule has 38 heavy (non-hydrogen) atoms. The topological polar surface area (TPSA) is 106 Å². The number of likely N-dealkylation sites (N-methyl/N-ethyl adjacent to an activating group) is 1. The highest BCUT2D eigenvalue weighted by Crippen LogP contribution is 2.65. The molecule has 2 aliphatic carbocycles. The van der Waals surface area contributed by atoms with Crippen molar-refractivity contribution < 1.29 is 33.1 Å². The van der Waals surface area contributed by atoms with Gasteiger partial charge in [-0.2, -0.15) is 0 Å². The zero-order valence-electron chi connectivity index (χ0n) is 21.8. The Bertz CT molecular complexity index is 1270. The number of Topliss-reactive ketones (excluding diaryl/α,β-unsaturated/α-hetero) is 1. The number of phosphoric ester groups is 1. The molecular weight excluding hydrogens is 505 g/mol. The number of likely N-dealkylation sites (tertiary alicyclic amines) is 1. The van der Waals surface area contributed by atoms with E-state index in [1.54, 1.807) is 6.07 Å². The SMILES string of the molecule is CN1CCC23c4c5ccc(OP(=O)(O)OCCCCCCc6ccccc6)c4OC2C(=O)CCC3(O)C1C5. The molecule has 0 amide bonds. The first-order valence-electron chi connectivity index (χ1n) is 13.7. The van der Waals surface area contributed by atoms with E-state index >= 15 is 0 Å². The van der Waals surface area contributed by atoms with Gasteiger partial charge in [0, 0.05) is 18.0 Å². The Hall–Kier alpha value is -2.22. The van der Waals surface area contributed by atoms with Crippen LogP contribution in [0.15, 0.2) is 42.5 Å². The lowest BCUT2D eigenvalue weighted by molar-refractivity contribution is -0.185. The largest absolute Gasteiger partial charge is 0.527 e. The van der Waals surface area contributed by atoms with Gasteiger partial charge in [-0.05, 0) is 69.3 Å². The fourth-order valence-corrected chi connectivity index (χ4v) is 8.16. The molecule has 1 saturated heterocycles. The van der Waals surface area contributed by atoms with Crippen LogP contribution in [0, 0.1) is 0 Å². The summed E-state index contributed by atoms with van der Waals surface area (Å²) in [5, 5.41) is 12.0. The monoisotopic (exact) mass is 541 g/mol. The van der Waals surface area contributed by atoms with Crippen molar-refractivity contribution in [2.75, 3.05) is 20.2 Å². The highest BCUT2D eigenvalue weighted by Gasteiger charge is 2.72. The Morgan fingerprint density at radius 3 is 2.71 bits per heavy atom. The van der Waals surface area contributed by atoms with Gasteiger partial charge in [-0.1, -0.05) is 49.2 Å². The molecule has 2 fully saturated rings. The number of hydrogen-bond acceptors (Lipinski definition) is 7. The van der Waals surface area contributed by atoms with E-state index in [9.17, 15) is 19.4 Å². The van der Waals surface area contributed by atoms with E-state index in [2.05, 4.69) is 17.0 Å². The van der Waals surface area contributed by atoms with E-state index in [0.29, 0.717) is 31.4 Å². The van der Waals surface area contributed by atoms with Gasteiger partial charge in [-0.15, -0.1) is 0 Å². The van der Waals surface area contributed by atoms with Crippen molar-refractivity contribution in [2.45, 2.75) is 80.9 Å². The zero-order valence-corrected chi connectivity index (χ0v) is 22.7. The molecule has 0 radical (unpaired) electrons. The molecular formula is C29H36NO7P. The normalized spacial score (nSPS) is 30.9. The van der Waals surface area contributed by atoms with Gasteiger partial charge in [0.15, 0.2) is 23.4 Å². The van der Waals surface area contributed by atoms with Crippen LogP contribution in [0.25, 0.3) is 0 Å². The lowest BCUT2D eigenvalue weighted by atomic mass is 9.49. The number of ketones is 1. The van der Waals surface area contributed by atoms with Gasteiger partial charge in [-0.3, -0.25) is 14.2 Å². The number of phosphoric acid groups is 1. The minimum Gasteiger partial charge on any atom is -0.477 e. The van der Waals surface area contributed by atoms with Crippen molar-refractivity contribution in [3.8, 4) is 11.5 Å². The number of aliphatic hydroxyl groups is 1. The van der Waals surface area contributed by atoms with Gasteiger partial charge < -0.3 is 19.3 Å². The van der Waals surface area contributed by atoms with Gasteiger partial charge in [-0.25, -0.2) is 4.57 Å². The van der Waals surface area contributed by atoms with E-state index in [4.69, 9.17) is 13.8 Å². The van der Waals surface area contributed by atoms with E-state index in [1.807, 2.05) is 31.3 Å². The highest BCUT2D eigenvalue weighted by molar-refractivity contribution is 7.47. The van der Waals surface area contributed by atoms with E-state index < -0.39 is 24.9 Å². The minimum atomic E-state index is -4.41. The third kappa shape index (κ3) is 4.13. The van der Waals surface area contributed by atoms with Crippen LogP contribution in [0.2, 0.25) is 0 Å². The second-order valence-corrected chi connectivity index (χ2v) is 12.7. The third-order valence-electron chi connectivity index (χ3n) is 9.18. The minimum absolute atomic E-state index is 0.0383. The molecule has 2 aromatic rings. The lowest BCUT2D eigenvalue weighted by Crippen LogP contribution is -2.76. The molecule has 2 aromatic carbocycles. The molecule has 204 valence electrons. The molecule has 2 heterocycles. The molecule has 8 nitrogen and oxygen atoms in total. The first-order chi connectivity index (χ1) is 18.3. The maximum Gasteiger partial charge on any atom is 0.527 e. The van der Waals surface area contributed by atoms with Gasteiger partial charge in [0.1, 0.15) is 0 Å². The standard InChI is InChI=1S/C29H36NO7P/c1-30-17-16-28-25-21-12-13-23(26(25)36-27(28)22(31)14-15-29(28,32)24(30)19-21)37-38(33,34)35-18-8-3-2-5-9-20-10-6-4-7-11-20/h4,6-7,10-13,24,27,32H,2-3,5,8-9,14-19H2,1H3,(H,33,34). The van der Waals surface area contributed by atoms with E-state index in [1.165, 1.54) is 5.56 Å². The Morgan fingerprint density at radius 1 is 1.11 bits per heavy atom. The summed E-state index contributed by atoms with van der Waals surface area (Å²) in [5.74, 6) is 0.361. The van der Waals surface area contributed by atoms with Crippen molar-refractivity contribution >= 4 is 13.6 Å². The summed E-state index contributed by atoms with van der Waals surface area (Å²) < 4.78 is 29.9. The fourth-order valence-electron chi connectivity index (χ4n) is 7.36. The summed E-state index contributed by atoms with van der Waals surface area (Å²) in [6.07, 6.45) is 5.64. The van der Waals surface area contributed by atoms with Crippen LogP contribution < -0.4 is 9.26 Å². The van der Waals surface area contributed by atoms with Crippen LogP contribution in [-0.2, 0) is 32.1 Å². The number of aryl methyl sites for hydroxylation is 1. The Kier molecular flexibility index (Phi) is 6.68. The second-order valence-electron chi connectivity index (χ2n) is 11.3. The molecule has 2 aliphatic heterocycles. The average Bonchev–Trinajstić information content (AvgIpc) is 3.26. The fraction of sp³-hybridized carbons (Fsp3) is 0.552. The van der Waals surface area contributed by atoms with Crippen molar-refractivity contribution in [1.29, 1.82) is 0 Å². The van der Waals surface area contributed by atoms with Gasteiger partial charge >= 0.3 is 7.82 Å². The molecule has 2 N–H and O–H groups in total. The smallest absolute Gasteiger partial charge is 0.477 e. The van der Waals surface area contributed by atoms with Crippen molar-refractivity contribution in [3.63, 3.8) is 0 Å². The highest BCUT2D eigenvalue weighted by atomic mass is 31.2. The number of piperidine rings is 1. The molecule has 5 unspecified atom stereocenters. The number of carbonyl (C=O) groups excluding carboxylic acids is 1. The molecule has 9 heteroatoms. The van der Waals surface area contributed by atoms with Crippen LogP contribution in [0.4, 0.5) is 0 Å². The number of rotatable bonds is 10. The quantitative estimate of drug-likeness (QED) is 0.338. The summed E-state index contributed by atoms with van der Waals surface area (Å²) in [5.41, 5.74) is 1.12. The Labute approximate surface area is 223 Å². The van der Waals surface area contributed by atoms with Crippen LogP contribution in [-0.4, -0.2) is 58.6 Å². The molecule has 2 bridgehead atoms. The number of hydrogen-bond donors (Lipinski definition) is 2. The summed E-state index contributed by atoms with van der Waals surface area (Å²) in [7, 11) is -2.39. The molecule has 6 rings (SSSR count). The van der Waals surface area contributed by atoms with Gasteiger partial charge in [0.2, 0.25) is 0 Å². The summed E-state index contributed by atoms with van der Waals surface area (Å²) in [6, 6.07) is 13.7. The van der Waals surface area contributed by atoms with E-state index in [-0.39, 0.29) is 30.6 Å². The van der Waals surface area contributed by atoms with Gasteiger partial charge in [0.25, 0.3) is 0 Å². The molecule has 1 saturated carbocycles. The van der Waals surface area contributed by atoms with Crippen molar-refractivity contribution in [1.82, 2.24) is 4.90 Å². The summed E-state index contributed by atoms with van der Waals surface area (Å²) >= 11 is 0. The number of unbranched alkanes of at least 4 members (excludes halogenated alkanes) is 3. The van der Waals surface area contributed by atoms with Crippen LogP contribution in [0.1, 0.15) is 61.6 Å². The maximum absolute atomic E-state index is 13.1. The van der Waals surface area contributed by atoms with Crippen LogP contribution in [0.3, 0.4) is 0 Å². The number of ether oxygens (including phenoxy) is 1. The zero-order chi connectivity index (χ0) is 26.5. The van der Waals surface area contributed by atoms with Crippen molar-refractivity contribution in [2.24, 2.45) is 0 Å². The number of nitrogens with zero attached hydrogens (tertiary/aromatic N) is 1. The molecule has 4 aliphatic rings. The predicted molar refractivity (Wildman–Crippen MR) is 141 cm³/mol. The predicted octanol–water partition coefficient (Wildman–Crippen LogP) is 4.34. The number of carbonyl (C=O) groups is 1. The summed E-state index contributed by atoms with van der Waals surface area (Å²) in [6.45, 7) is 0.843. The lowest BCUT2D eigenvalue weighted by Gasteiger charge is -2.62.